The number of phenolic OH excluding ortho intramolecular Hbond substituents is 2. The summed E-state index contributed by atoms with van der Waals surface area (Å²) in [4.78, 5) is 0. The highest BCUT2D eigenvalue weighted by Gasteiger charge is 2.31. The Bertz CT molecular complexity index is 674. The third-order valence-corrected chi connectivity index (χ3v) is 5.18. The van der Waals surface area contributed by atoms with Crippen LogP contribution < -0.4 is 10.6 Å². The fourth-order valence-corrected chi connectivity index (χ4v) is 4.37. The summed E-state index contributed by atoms with van der Waals surface area (Å²) in [6, 6.07) is 5.01. The highest BCUT2D eigenvalue weighted by atomic mass is 35.5. The number of hydrogen-bond acceptors (Lipinski definition) is 4. The fourth-order valence-electron chi connectivity index (χ4n) is 2.95. The van der Waals surface area contributed by atoms with E-state index in [-0.39, 0.29) is 23.6 Å². The van der Waals surface area contributed by atoms with Gasteiger partial charge >= 0.3 is 0 Å². The molecule has 0 saturated heterocycles. The Labute approximate surface area is 173 Å². The van der Waals surface area contributed by atoms with Crippen molar-refractivity contribution in [1.82, 2.24) is 10.6 Å². The van der Waals surface area contributed by atoms with Crippen molar-refractivity contribution in [2.24, 2.45) is 0 Å². The molecular weight excluding hydrogens is 418 g/mol. The average Bonchev–Trinajstić information content (AvgIpc) is 2.51. The number of phenols is 2. The molecule has 0 spiro atoms. The molecular formula is C18H20Cl4N2O2. The molecule has 4 N–H and O–H groups in total. The van der Waals surface area contributed by atoms with Crippen LogP contribution in [0.3, 0.4) is 0 Å². The van der Waals surface area contributed by atoms with Crippen LogP contribution in [0.1, 0.15) is 37.1 Å². The molecule has 2 atom stereocenters. The molecule has 2 rings (SSSR count). The van der Waals surface area contributed by atoms with Gasteiger partial charge in [0.15, 0.2) is 0 Å². The second kappa shape index (κ2) is 9.36. The Hall–Kier alpha value is -0.880. The highest BCUT2D eigenvalue weighted by Crippen LogP contribution is 2.43. The molecule has 0 bridgehead atoms. The first-order valence-corrected chi connectivity index (χ1v) is 9.63. The molecule has 0 fully saturated rings. The van der Waals surface area contributed by atoms with Crippen LogP contribution in [0, 0.1) is 0 Å². The van der Waals surface area contributed by atoms with Gasteiger partial charge in [0, 0.05) is 11.1 Å². The number of halogens is 4. The number of likely N-dealkylation sites (N-methyl/N-ethyl adjacent to an activating group) is 2. The molecule has 0 aromatic heterocycles. The summed E-state index contributed by atoms with van der Waals surface area (Å²) in [7, 11) is 0. The molecule has 4 nitrogen and oxygen atoms in total. The maximum absolute atomic E-state index is 9.73. The first kappa shape index (κ1) is 21.4. The van der Waals surface area contributed by atoms with E-state index in [9.17, 15) is 10.2 Å². The van der Waals surface area contributed by atoms with Crippen molar-refractivity contribution in [2.75, 3.05) is 13.1 Å². The maximum Gasteiger partial charge on any atom is 0.118 e. The molecule has 142 valence electrons. The van der Waals surface area contributed by atoms with Crippen molar-refractivity contribution in [2.45, 2.75) is 25.9 Å². The molecule has 0 aliphatic heterocycles. The molecule has 0 aliphatic carbocycles. The van der Waals surface area contributed by atoms with Crippen LogP contribution >= 0.6 is 46.4 Å². The van der Waals surface area contributed by atoms with Crippen LogP contribution in [-0.4, -0.2) is 23.3 Å². The minimum Gasteiger partial charge on any atom is -0.508 e. The van der Waals surface area contributed by atoms with Gasteiger partial charge in [-0.15, -0.1) is 0 Å². The zero-order valence-corrected chi connectivity index (χ0v) is 17.3. The van der Waals surface area contributed by atoms with Gasteiger partial charge in [0.25, 0.3) is 0 Å². The van der Waals surface area contributed by atoms with Crippen LogP contribution in [0.4, 0.5) is 0 Å². The molecule has 0 radical (unpaired) electrons. The van der Waals surface area contributed by atoms with Crippen LogP contribution in [0.15, 0.2) is 24.3 Å². The van der Waals surface area contributed by atoms with Crippen LogP contribution in [0.2, 0.25) is 20.1 Å². The van der Waals surface area contributed by atoms with Gasteiger partial charge in [-0.05, 0) is 37.4 Å². The third kappa shape index (κ3) is 4.69. The highest BCUT2D eigenvalue weighted by molar-refractivity contribution is 6.37. The molecule has 26 heavy (non-hydrogen) atoms. The quantitative estimate of drug-likeness (QED) is 0.447. The lowest BCUT2D eigenvalue weighted by Gasteiger charge is -2.32. The Kier molecular flexibility index (Phi) is 7.71. The van der Waals surface area contributed by atoms with Crippen LogP contribution in [-0.2, 0) is 0 Å². The van der Waals surface area contributed by atoms with E-state index in [0.717, 1.165) is 0 Å². The van der Waals surface area contributed by atoms with E-state index >= 15 is 0 Å². The minimum absolute atomic E-state index is 0.0142. The Morgan fingerprint density at radius 3 is 1.19 bits per heavy atom. The van der Waals surface area contributed by atoms with E-state index in [0.29, 0.717) is 44.3 Å². The summed E-state index contributed by atoms with van der Waals surface area (Å²) in [6.45, 7) is 5.18. The largest absolute Gasteiger partial charge is 0.508 e. The number of aromatic hydroxyl groups is 2. The molecule has 2 aromatic carbocycles. The van der Waals surface area contributed by atoms with Gasteiger partial charge in [-0.3, -0.25) is 0 Å². The molecule has 2 aromatic rings. The monoisotopic (exact) mass is 436 g/mol. The molecule has 0 saturated carbocycles. The summed E-state index contributed by atoms with van der Waals surface area (Å²) in [5.74, 6) is -0.0283. The standard InChI is InChI=1S/C18H20Cl4N2O2/c1-3-23-17(15-11(19)5-9(25)6-12(15)20)18(24-4-2)16-13(21)7-10(26)8-14(16)22/h5-8,17-18,23-26H,3-4H2,1-2H3/t17-,18+. The Morgan fingerprint density at radius 1 is 0.692 bits per heavy atom. The lowest BCUT2D eigenvalue weighted by Crippen LogP contribution is -2.36. The van der Waals surface area contributed by atoms with Gasteiger partial charge in [-0.2, -0.15) is 0 Å². The maximum atomic E-state index is 9.73. The lowest BCUT2D eigenvalue weighted by atomic mass is 9.92. The van der Waals surface area contributed by atoms with Gasteiger partial charge in [-0.1, -0.05) is 60.3 Å². The summed E-state index contributed by atoms with van der Waals surface area (Å²) in [5, 5.41) is 27.5. The van der Waals surface area contributed by atoms with E-state index in [1.165, 1.54) is 24.3 Å². The van der Waals surface area contributed by atoms with E-state index in [1.54, 1.807) is 0 Å². The van der Waals surface area contributed by atoms with E-state index in [4.69, 9.17) is 46.4 Å². The van der Waals surface area contributed by atoms with E-state index < -0.39 is 0 Å². The topological polar surface area (TPSA) is 64.5 Å². The van der Waals surface area contributed by atoms with Gasteiger partial charge in [0.1, 0.15) is 11.5 Å². The van der Waals surface area contributed by atoms with Gasteiger partial charge in [0.05, 0.1) is 32.2 Å². The Morgan fingerprint density at radius 2 is 0.962 bits per heavy atom. The van der Waals surface area contributed by atoms with Crippen molar-refractivity contribution in [3.05, 3.63) is 55.5 Å². The van der Waals surface area contributed by atoms with Crippen molar-refractivity contribution < 1.29 is 10.2 Å². The third-order valence-electron chi connectivity index (χ3n) is 3.93. The number of nitrogens with one attached hydrogen (secondary N) is 2. The summed E-state index contributed by atoms with van der Waals surface area (Å²) in [5.41, 5.74) is 1.25. The Balaban J connectivity index is 2.65. The zero-order chi connectivity index (χ0) is 19.4. The second-order valence-electron chi connectivity index (χ2n) is 5.72. The molecule has 0 heterocycles. The van der Waals surface area contributed by atoms with Crippen molar-refractivity contribution in [3.8, 4) is 11.5 Å². The molecule has 0 aliphatic rings. The predicted octanol–water partition coefficient (Wildman–Crippen LogP) is 5.71. The summed E-state index contributed by atoms with van der Waals surface area (Å²) in [6.07, 6.45) is 0. The number of rotatable bonds is 7. The minimum atomic E-state index is -0.375. The van der Waals surface area contributed by atoms with Crippen molar-refractivity contribution in [3.63, 3.8) is 0 Å². The van der Waals surface area contributed by atoms with E-state index in [2.05, 4.69) is 10.6 Å². The normalized spacial score (nSPS) is 13.6. The summed E-state index contributed by atoms with van der Waals surface area (Å²) >= 11 is 25.5. The SMILES string of the molecule is CCN[C@H](c1c(Cl)cc(O)cc1Cl)[C@@H](NCC)c1c(Cl)cc(O)cc1Cl. The number of benzene rings is 2. The van der Waals surface area contributed by atoms with Crippen LogP contribution in [0.25, 0.3) is 0 Å². The first-order valence-electron chi connectivity index (χ1n) is 8.12. The van der Waals surface area contributed by atoms with Gasteiger partial charge in [0.2, 0.25) is 0 Å². The molecule has 8 heteroatoms. The summed E-state index contributed by atoms with van der Waals surface area (Å²) < 4.78 is 0. The first-order chi connectivity index (χ1) is 12.3. The fraction of sp³-hybridized carbons (Fsp3) is 0.333. The smallest absolute Gasteiger partial charge is 0.118 e. The van der Waals surface area contributed by atoms with Gasteiger partial charge < -0.3 is 20.8 Å². The molecule has 0 unspecified atom stereocenters. The van der Waals surface area contributed by atoms with Gasteiger partial charge in [-0.25, -0.2) is 0 Å². The van der Waals surface area contributed by atoms with Crippen molar-refractivity contribution in [1.29, 1.82) is 0 Å². The average molecular weight is 438 g/mol. The predicted molar refractivity (Wildman–Crippen MR) is 109 cm³/mol. The lowest BCUT2D eigenvalue weighted by molar-refractivity contribution is 0.397. The van der Waals surface area contributed by atoms with Crippen LogP contribution in [0.5, 0.6) is 11.5 Å². The zero-order valence-electron chi connectivity index (χ0n) is 14.3. The second-order valence-corrected chi connectivity index (χ2v) is 7.35. The van der Waals surface area contributed by atoms with Crippen molar-refractivity contribution >= 4 is 46.4 Å². The molecule has 0 amide bonds. The number of hydrogen-bond donors (Lipinski definition) is 4. The van der Waals surface area contributed by atoms with E-state index in [1.807, 2.05) is 13.8 Å².